The minimum atomic E-state index is 0.676. The van der Waals surface area contributed by atoms with Crippen LogP contribution < -0.4 is 10.1 Å². The van der Waals surface area contributed by atoms with E-state index in [2.05, 4.69) is 30.4 Å². The van der Waals surface area contributed by atoms with Gasteiger partial charge in [-0.3, -0.25) is 0 Å². The summed E-state index contributed by atoms with van der Waals surface area (Å²) in [7, 11) is 0. The van der Waals surface area contributed by atoms with Gasteiger partial charge in [-0.05, 0) is 54.4 Å². The molecule has 106 valence electrons. The molecule has 0 saturated heterocycles. The Hall–Kier alpha value is -1.51. The molecule has 2 rings (SSSR count). The summed E-state index contributed by atoms with van der Waals surface area (Å²) in [5, 5.41) is 4.11. The molecule has 1 N–H and O–H groups in total. The van der Waals surface area contributed by atoms with E-state index in [1.165, 1.54) is 0 Å². The number of nitrogens with one attached hydrogen (secondary N) is 1. The maximum Gasteiger partial charge on any atom is 0.119 e. The summed E-state index contributed by atoms with van der Waals surface area (Å²) in [6.45, 7) is 6.47. The van der Waals surface area contributed by atoms with Crippen molar-refractivity contribution in [2.75, 3.05) is 13.2 Å². The van der Waals surface area contributed by atoms with Crippen LogP contribution in [0.4, 0.5) is 0 Å². The largest absolute Gasteiger partial charge is 0.494 e. The summed E-state index contributed by atoms with van der Waals surface area (Å²) in [6, 6.07) is 14.3. The number of benzene rings is 2. The molecule has 0 fully saturated rings. The molecule has 0 unspecified atom stereocenters. The van der Waals surface area contributed by atoms with E-state index in [9.17, 15) is 0 Å². The molecule has 0 aliphatic rings. The lowest BCUT2D eigenvalue weighted by molar-refractivity contribution is 0.340. The molecule has 0 heterocycles. The average molecular weight is 290 g/mol. The fourth-order valence-corrected chi connectivity index (χ4v) is 2.27. The van der Waals surface area contributed by atoms with Crippen LogP contribution >= 0.6 is 11.6 Å². The lowest BCUT2D eigenvalue weighted by atomic mass is 10.0. The zero-order valence-electron chi connectivity index (χ0n) is 11.9. The minimum Gasteiger partial charge on any atom is -0.494 e. The van der Waals surface area contributed by atoms with Gasteiger partial charge in [0.1, 0.15) is 5.75 Å². The number of hydrogen-bond acceptors (Lipinski definition) is 2. The summed E-state index contributed by atoms with van der Waals surface area (Å²) in [5.41, 5.74) is 3.42. The van der Waals surface area contributed by atoms with E-state index in [0.717, 1.165) is 40.6 Å². The van der Waals surface area contributed by atoms with E-state index in [0.29, 0.717) is 6.61 Å². The smallest absolute Gasteiger partial charge is 0.119 e. The second-order valence-electron chi connectivity index (χ2n) is 4.55. The Balaban J connectivity index is 2.30. The Morgan fingerprint density at radius 2 is 1.85 bits per heavy atom. The maximum atomic E-state index is 6.24. The number of ether oxygens (including phenoxy) is 1. The van der Waals surface area contributed by atoms with Gasteiger partial charge in [0.2, 0.25) is 0 Å². The van der Waals surface area contributed by atoms with Crippen molar-refractivity contribution in [3.8, 4) is 16.9 Å². The summed E-state index contributed by atoms with van der Waals surface area (Å²) < 4.78 is 5.55. The predicted octanol–water partition coefficient (Wildman–Crippen LogP) is 4.52. The molecule has 0 amide bonds. The van der Waals surface area contributed by atoms with Gasteiger partial charge < -0.3 is 10.1 Å². The Labute approximate surface area is 125 Å². The van der Waals surface area contributed by atoms with Gasteiger partial charge in [-0.25, -0.2) is 0 Å². The van der Waals surface area contributed by atoms with Crippen LogP contribution in [0.5, 0.6) is 5.75 Å². The molecule has 0 bridgehead atoms. The van der Waals surface area contributed by atoms with Gasteiger partial charge in [0, 0.05) is 11.6 Å². The molecule has 0 spiro atoms. The molecule has 2 aromatic rings. The van der Waals surface area contributed by atoms with Crippen molar-refractivity contribution in [3.05, 3.63) is 53.1 Å². The Morgan fingerprint density at radius 3 is 2.60 bits per heavy atom. The highest BCUT2D eigenvalue weighted by atomic mass is 35.5. The quantitative estimate of drug-likeness (QED) is 0.844. The topological polar surface area (TPSA) is 21.3 Å². The molecule has 0 saturated carbocycles. The molecule has 3 heteroatoms. The molecule has 0 aliphatic carbocycles. The minimum absolute atomic E-state index is 0.676. The standard InChI is InChI=1S/C17H20ClNO/c1-3-19-12-15-10-14(8-9-17(15)18)13-6-5-7-16(11-13)20-4-2/h5-11,19H,3-4,12H2,1-2H3. The van der Waals surface area contributed by atoms with E-state index in [4.69, 9.17) is 16.3 Å². The molecular formula is C17H20ClNO. The van der Waals surface area contributed by atoms with Gasteiger partial charge >= 0.3 is 0 Å². The van der Waals surface area contributed by atoms with Crippen molar-refractivity contribution in [1.82, 2.24) is 5.32 Å². The highest BCUT2D eigenvalue weighted by molar-refractivity contribution is 6.31. The van der Waals surface area contributed by atoms with Gasteiger partial charge in [0.05, 0.1) is 6.61 Å². The van der Waals surface area contributed by atoms with E-state index in [1.807, 2.05) is 31.2 Å². The molecule has 0 atom stereocenters. The van der Waals surface area contributed by atoms with Crippen molar-refractivity contribution in [2.24, 2.45) is 0 Å². The van der Waals surface area contributed by atoms with Crippen LogP contribution in [0.2, 0.25) is 5.02 Å². The van der Waals surface area contributed by atoms with Crippen molar-refractivity contribution >= 4 is 11.6 Å². The molecule has 0 aliphatic heterocycles. The first-order valence-corrected chi connectivity index (χ1v) is 7.34. The summed E-state index contributed by atoms with van der Waals surface area (Å²) in [6.07, 6.45) is 0. The van der Waals surface area contributed by atoms with Crippen LogP contribution in [0, 0.1) is 0 Å². The van der Waals surface area contributed by atoms with Crippen LogP contribution in [0.1, 0.15) is 19.4 Å². The first kappa shape index (κ1) is 14.9. The lowest BCUT2D eigenvalue weighted by Gasteiger charge is -2.10. The zero-order valence-corrected chi connectivity index (χ0v) is 12.7. The van der Waals surface area contributed by atoms with Crippen molar-refractivity contribution in [2.45, 2.75) is 20.4 Å². The average Bonchev–Trinajstić information content (AvgIpc) is 2.47. The molecular weight excluding hydrogens is 270 g/mol. The van der Waals surface area contributed by atoms with Crippen LogP contribution in [0.3, 0.4) is 0 Å². The third-order valence-corrected chi connectivity index (χ3v) is 3.46. The van der Waals surface area contributed by atoms with E-state index >= 15 is 0 Å². The monoisotopic (exact) mass is 289 g/mol. The van der Waals surface area contributed by atoms with Gasteiger partial charge in [0.15, 0.2) is 0 Å². The fourth-order valence-electron chi connectivity index (χ4n) is 2.08. The van der Waals surface area contributed by atoms with Crippen LogP contribution in [-0.2, 0) is 6.54 Å². The highest BCUT2D eigenvalue weighted by Crippen LogP contribution is 2.27. The van der Waals surface area contributed by atoms with Crippen LogP contribution in [0.25, 0.3) is 11.1 Å². The maximum absolute atomic E-state index is 6.24. The molecule has 2 nitrogen and oxygen atoms in total. The van der Waals surface area contributed by atoms with Crippen LogP contribution in [-0.4, -0.2) is 13.2 Å². The first-order chi connectivity index (χ1) is 9.74. The fraction of sp³-hybridized carbons (Fsp3) is 0.294. The predicted molar refractivity (Wildman–Crippen MR) is 85.4 cm³/mol. The zero-order chi connectivity index (χ0) is 14.4. The van der Waals surface area contributed by atoms with Gasteiger partial charge in [0.25, 0.3) is 0 Å². The van der Waals surface area contributed by atoms with E-state index in [1.54, 1.807) is 0 Å². The first-order valence-electron chi connectivity index (χ1n) is 6.97. The summed E-state index contributed by atoms with van der Waals surface area (Å²) in [5.74, 6) is 0.896. The normalized spacial score (nSPS) is 10.6. The van der Waals surface area contributed by atoms with E-state index in [-0.39, 0.29) is 0 Å². The molecule has 0 radical (unpaired) electrons. The molecule has 0 aromatic heterocycles. The Morgan fingerprint density at radius 1 is 1.05 bits per heavy atom. The molecule has 20 heavy (non-hydrogen) atoms. The van der Waals surface area contributed by atoms with E-state index < -0.39 is 0 Å². The Bertz CT molecular complexity index is 569. The summed E-state index contributed by atoms with van der Waals surface area (Å²) >= 11 is 6.24. The van der Waals surface area contributed by atoms with Crippen LogP contribution in [0.15, 0.2) is 42.5 Å². The van der Waals surface area contributed by atoms with Crippen molar-refractivity contribution < 1.29 is 4.74 Å². The van der Waals surface area contributed by atoms with Gasteiger partial charge in [-0.1, -0.05) is 36.7 Å². The number of rotatable bonds is 6. The second-order valence-corrected chi connectivity index (χ2v) is 4.95. The SMILES string of the molecule is CCNCc1cc(-c2cccc(OCC)c2)ccc1Cl. The second kappa shape index (κ2) is 7.32. The lowest BCUT2D eigenvalue weighted by Crippen LogP contribution is -2.12. The number of hydrogen-bond donors (Lipinski definition) is 1. The third kappa shape index (κ3) is 3.75. The third-order valence-electron chi connectivity index (χ3n) is 3.09. The van der Waals surface area contributed by atoms with Crippen molar-refractivity contribution in [3.63, 3.8) is 0 Å². The number of halogens is 1. The molecule has 2 aromatic carbocycles. The van der Waals surface area contributed by atoms with Gasteiger partial charge in [-0.2, -0.15) is 0 Å². The Kier molecular flexibility index (Phi) is 5.45. The summed E-state index contributed by atoms with van der Waals surface area (Å²) in [4.78, 5) is 0. The highest BCUT2D eigenvalue weighted by Gasteiger charge is 2.05. The van der Waals surface area contributed by atoms with Crippen molar-refractivity contribution in [1.29, 1.82) is 0 Å². The van der Waals surface area contributed by atoms with Gasteiger partial charge in [-0.15, -0.1) is 0 Å².